The summed E-state index contributed by atoms with van der Waals surface area (Å²) in [6.45, 7) is 0.185. The summed E-state index contributed by atoms with van der Waals surface area (Å²) < 4.78 is 13.1. The summed E-state index contributed by atoms with van der Waals surface area (Å²) in [4.78, 5) is 24.3. The summed E-state index contributed by atoms with van der Waals surface area (Å²) in [5, 5.41) is 12.5. The van der Waals surface area contributed by atoms with Gasteiger partial charge >= 0.3 is 5.97 Å². The van der Waals surface area contributed by atoms with Crippen molar-refractivity contribution in [3.63, 3.8) is 0 Å². The number of carboxylic acids is 1. The smallest absolute Gasteiger partial charge is 0.311 e. The predicted octanol–water partition coefficient (Wildman–Crippen LogP) is 3.01. The first-order valence-corrected chi connectivity index (χ1v) is 8.26. The Morgan fingerprint density at radius 3 is 2.17 bits per heavy atom. The van der Waals surface area contributed by atoms with E-state index in [0.717, 1.165) is 37.7 Å². The normalized spacial score (nSPS) is 21.4. The Bertz CT molecular complexity index is 601. The van der Waals surface area contributed by atoms with E-state index in [9.17, 15) is 19.1 Å². The number of hydrogen-bond donors (Lipinski definition) is 2. The number of nitrogens with one attached hydrogen (secondary N) is 1. The lowest BCUT2D eigenvalue weighted by Gasteiger charge is -2.33. The second kappa shape index (κ2) is 5.95. The topological polar surface area (TPSA) is 66.4 Å². The summed E-state index contributed by atoms with van der Waals surface area (Å²) >= 11 is 0. The Hall–Kier alpha value is -1.91. The first-order valence-electron chi connectivity index (χ1n) is 8.26. The molecule has 2 aliphatic rings. The van der Waals surface area contributed by atoms with Gasteiger partial charge in [0.05, 0.1) is 10.8 Å². The summed E-state index contributed by atoms with van der Waals surface area (Å²) in [5.74, 6) is -1.27. The van der Waals surface area contributed by atoms with E-state index in [0.29, 0.717) is 12.8 Å². The van der Waals surface area contributed by atoms with Crippen molar-refractivity contribution in [2.24, 2.45) is 5.41 Å². The third-order valence-electron chi connectivity index (χ3n) is 5.43. The molecule has 1 aromatic rings. The first kappa shape index (κ1) is 16.0. The van der Waals surface area contributed by atoms with E-state index in [2.05, 4.69) is 5.32 Å². The molecule has 0 radical (unpaired) electrons. The quantitative estimate of drug-likeness (QED) is 0.877. The highest BCUT2D eigenvalue weighted by Crippen LogP contribution is 2.48. The van der Waals surface area contributed by atoms with Crippen LogP contribution in [0.2, 0.25) is 0 Å². The maximum Gasteiger partial charge on any atom is 0.311 e. The van der Waals surface area contributed by atoms with Crippen molar-refractivity contribution in [2.45, 2.75) is 50.4 Å². The van der Waals surface area contributed by atoms with Crippen LogP contribution < -0.4 is 5.32 Å². The Labute approximate surface area is 135 Å². The summed E-state index contributed by atoms with van der Waals surface area (Å²) in [6.07, 6.45) is 5.53. The van der Waals surface area contributed by atoms with Crippen LogP contribution in [0.1, 0.15) is 50.5 Å². The number of amides is 1. The Morgan fingerprint density at radius 2 is 1.65 bits per heavy atom. The fourth-order valence-corrected chi connectivity index (χ4v) is 3.65. The monoisotopic (exact) mass is 319 g/mol. The number of rotatable bonds is 5. The second-order valence-electron chi connectivity index (χ2n) is 6.92. The predicted molar refractivity (Wildman–Crippen MR) is 83.5 cm³/mol. The zero-order chi connectivity index (χ0) is 16.5. The summed E-state index contributed by atoms with van der Waals surface area (Å²) in [7, 11) is 0. The second-order valence-corrected chi connectivity index (χ2v) is 6.92. The van der Waals surface area contributed by atoms with Crippen LogP contribution in [0.25, 0.3) is 0 Å². The van der Waals surface area contributed by atoms with Gasteiger partial charge in [0.1, 0.15) is 5.82 Å². The van der Waals surface area contributed by atoms with E-state index in [1.807, 2.05) is 0 Å². The number of carbonyl (C=O) groups excluding carboxylic acids is 1. The summed E-state index contributed by atoms with van der Waals surface area (Å²) in [5.41, 5.74) is -0.612. The highest BCUT2D eigenvalue weighted by molar-refractivity contribution is 5.91. The maximum absolute atomic E-state index is 13.1. The van der Waals surface area contributed by atoms with Crippen LogP contribution in [0, 0.1) is 11.2 Å². The molecule has 0 bridgehead atoms. The summed E-state index contributed by atoms with van der Waals surface area (Å²) in [6, 6.07) is 6.02. The zero-order valence-corrected chi connectivity index (χ0v) is 13.1. The molecule has 5 heteroatoms. The van der Waals surface area contributed by atoms with Gasteiger partial charge in [-0.3, -0.25) is 9.59 Å². The van der Waals surface area contributed by atoms with Gasteiger partial charge in [0.2, 0.25) is 5.91 Å². The number of hydrogen-bond acceptors (Lipinski definition) is 2. The molecular weight excluding hydrogens is 297 g/mol. The fourth-order valence-electron chi connectivity index (χ4n) is 3.65. The Balaban J connectivity index is 1.69. The largest absolute Gasteiger partial charge is 0.481 e. The fraction of sp³-hybridized carbons (Fsp3) is 0.556. The third-order valence-corrected chi connectivity index (χ3v) is 5.43. The van der Waals surface area contributed by atoms with E-state index in [4.69, 9.17) is 0 Å². The molecule has 2 fully saturated rings. The molecule has 0 heterocycles. The number of benzene rings is 1. The molecule has 2 saturated carbocycles. The third kappa shape index (κ3) is 2.96. The molecular formula is C18H22FNO3. The minimum atomic E-state index is -0.827. The molecule has 3 rings (SSSR count). The number of carbonyl (C=O) groups is 2. The molecule has 0 saturated heterocycles. The van der Waals surface area contributed by atoms with E-state index in [-0.39, 0.29) is 18.3 Å². The van der Waals surface area contributed by atoms with Gasteiger partial charge in [-0.1, -0.05) is 31.4 Å². The molecule has 0 aliphatic heterocycles. The first-order chi connectivity index (χ1) is 11.0. The van der Waals surface area contributed by atoms with Crippen LogP contribution in [-0.4, -0.2) is 23.5 Å². The highest BCUT2D eigenvalue weighted by Gasteiger charge is 2.52. The van der Waals surface area contributed by atoms with Crippen molar-refractivity contribution >= 4 is 11.9 Å². The molecule has 0 unspecified atom stereocenters. The van der Waals surface area contributed by atoms with Crippen LogP contribution in [0.15, 0.2) is 24.3 Å². The molecule has 0 spiro atoms. The van der Waals surface area contributed by atoms with Crippen LogP contribution in [-0.2, 0) is 15.0 Å². The number of halogens is 1. The molecule has 0 aromatic heterocycles. The molecule has 23 heavy (non-hydrogen) atoms. The molecule has 1 aromatic carbocycles. The highest BCUT2D eigenvalue weighted by atomic mass is 19.1. The maximum atomic E-state index is 13.1. The Kier molecular flexibility index (Phi) is 4.13. The van der Waals surface area contributed by atoms with Gasteiger partial charge in [-0.15, -0.1) is 0 Å². The van der Waals surface area contributed by atoms with Gasteiger partial charge in [0.25, 0.3) is 0 Å². The van der Waals surface area contributed by atoms with Crippen LogP contribution >= 0.6 is 0 Å². The average Bonchev–Trinajstić information content (AvgIpc) is 3.36. The van der Waals surface area contributed by atoms with Crippen molar-refractivity contribution in [1.29, 1.82) is 0 Å². The molecule has 2 aliphatic carbocycles. The molecule has 124 valence electrons. The van der Waals surface area contributed by atoms with E-state index >= 15 is 0 Å². The lowest BCUT2D eigenvalue weighted by Crippen LogP contribution is -2.47. The van der Waals surface area contributed by atoms with Gasteiger partial charge in [-0.2, -0.15) is 0 Å². The SMILES string of the molecule is O=C(O)C1(CNC(=O)C2(c3ccc(F)cc3)CC2)CCCCC1. The molecule has 4 nitrogen and oxygen atoms in total. The molecule has 2 N–H and O–H groups in total. The number of carboxylic acid groups (broad SMARTS) is 1. The molecule has 1 amide bonds. The minimum Gasteiger partial charge on any atom is -0.481 e. The van der Waals surface area contributed by atoms with Crippen molar-refractivity contribution in [3.8, 4) is 0 Å². The average molecular weight is 319 g/mol. The van der Waals surface area contributed by atoms with Crippen molar-refractivity contribution < 1.29 is 19.1 Å². The molecule has 0 atom stereocenters. The minimum absolute atomic E-state index is 0.129. The van der Waals surface area contributed by atoms with E-state index in [1.54, 1.807) is 12.1 Å². The lowest BCUT2D eigenvalue weighted by molar-refractivity contribution is -0.151. The lowest BCUT2D eigenvalue weighted by atomic mass is 9.74. The Morgan fingerprint density at radius 1 is 1.04 bits per heavy atom. The van der Waals surface area contributed by atoms with Gasteiger partial charge < -0.3 is 10.4 Å². The number of aliphatic carboxylic acids is 1. The van der Waals surface area contributed by atoms with E-state index < -0.39 is 16.8 Å². The van der Waals surface area contributed by atoms with Crippen LogP contribution in [0.5, 0.6) is 0 Å². The van der Waals surface area contributed by atoms with E-state index in [1.165, 1.54) is 12.1 Å². The van der Waals surface area contributed by atoms with Crippen molar-refractivity contribution in [3.05, 3.63) is 35.6 Å². The van der Waals surface area contributed by atoms with Crippen LogP contribution in [0.4, 0.5) is 4.39 Å². The van der Waals surface area contributed by atoms with Crippen molar-refractivity contribution in [1.82, 2.24) is 5.32 Å². The zero-order valence-electron chi connectivity index (χ0n) is 13.1. The van der Waals surface area contributed by atoms with Crippen LogP contribution in [0.3, 0.4) is 0 Å². The van der Waals surface area contributed by atoms with Crippen molar-refractivity contribution in [2.75, 3.05) is 6.54 Å². The van der Waals surface area contributed by atoms with Gasteiger partial charge in [0.15, 0.2) is 0 Å². The van der Waals surface area contributed by atoms with Gasteiger partial charge in [0, 0.05) is 6.54 Å². The van der Waals surface area contributed by atoms with Gasteiger partial charge in [-0.25, -0.2) is 4.39 Å². The van der Waals surface area contributed by atoms with Gasteiger partial charge in [-0.05, 0) is 43.4 Å². The standard InChI is InChI=1S/C18H22FNO3/c19-14-6-4-13(5-7-14)18(10-11-18)15(21)20-12-17(16(22)23)8-2-1-3-9-17/h4-7H,1-3,8-12H2,(H,20,21)(H,22,23).